The Kier molecular flexibility index (Phi) is 3.68. The van der Waals surface area contributed by atoms with Crippen LogP contribution in [0.5, 0.6) is 0 Å². The number of carbonyl (C=O) groups is 1. The molecule has 16 heavy (non-hydrogen) atoms. The molecule has 2 aliphatic carbocycles. The zero-order valence-electron chi connectivity index (χ0n) is 10.9. The van der Waals surface area contributed by atoms with E-state index in [9.17, 15) is 4.79 Å². The van der Waals surface area contributed by atoms with Crippen LogP contribution in [0, 0.1) is 23.7 Å². The van der Waals surface area contributed by atoms with Gasteiger partial charge in [-0.05, 0) is 44.1 Å². The van der Waals surface area contributed by atoms with Gasteiger partial charge in [-0.1, -0.05) is 20.3 Å². The van der Waals surface area contributed by atoms with Crippen LogP contribution < -0.4 is 0 Å². The Morgan fingerprint density at radius 3 is 2.56 bits per heavy atom. The average molecular weight is 223 g/mol. The molecule has 0 aromatic heterocycles. The number of hydrogen-bond acceptors (Lipinski definition) is 2. The van der Waals surface area contributed by atoms with Gasteiger partial charge in [-0.15, -0.1) is 0 Å². The van der Waals surface area contributed by atoms with Crippen molar-refractivity contribution in [3.05, 3.63) is 0 Å². The largest absolute Gasteiger partial charge is 0.299 e. The molecule has 2 rings (SSSR count). The van der Waals surface area contributed by atoms with Crippen molar-refractivity contribution in [1.29, 1.82) is 0 Å². The van der Waals surface area contributed by atoms with Gasteiger partial charge in [0.05, 0.1) is 6.54 Å². The van der Waals surface area contributed by atoms with Crippen LogP contribution in [-0.4, -0.2) is 30.8 Å². The number of fused-ring (bicyclic) bond motifs is 2. The normalized spacial score (nSPS) is 32.9. The monoisotopic (exact) mass is 223 g/mol. The molecule has 0 heterocycles. The van der Waals surface area contributed by atoms with Crippen LogP contribution in [0.25, 0.3) is 0 Å². The van der Waals surface area contributed by atoms with Gasteiger partial charge in [0.15, 0.2) is 0 Å². The van der Waals surface area contributed by atoms with E-state index in [0.717, 1.165) is 24.3 Å². The van der Waals surface area contributed by atoms with Crippen LogP contribution in [0.15, 0.2) is 0 Å². The molecule has 2 heteroatoms. The van der Waals surface area contributed by atoms with Crippen molar-refractivity contribution in [3.8, 4) is 0 Å². The molecule has 0 aromatic rings. The van der Waals surface area contributed by atoms with E-state index in [-0.39, 0.29) is 5.92 Å². The summed E-state index contributed by atoms with van der Waals surface area (Å²) in [5.41, 5.74) is 0. The lowest BCUT2D eigenvalue weighted by Crippen LogP contribution is -2.34. The van der Waals surface area contributed by atoms with Crippen molar-refractivity contribution < 1.29 is 4.79 Å². The molecule has 0 aliphatic heterocycles. The van der Waals surface area contributed by atoms with E-state index in [1.165, 1.54) is 25.7 Å². The zero-order valence-corrected chi connectivity index (χ0v) is 10.9. The highest BCUT2D eigenvalue weighted by Gasteiger charge is 2.39. The molecule has 2 bridgehead atoms. The third kappa shape index (κ3) is 2.65. The quantitative estimate of drug-likeness (QED) is 0.714. The smallest absolute Gasteiger partial charge is 0.149 e. The fraction of sp³-hybridized carbons (Fsp3) is 0.929. The van der Waals surface area contributed by atoms with E-state index in [1.54, 1.807) is 0 Å². The molecule has 0 N–H and O–H groups in total. The SMILES string of the molecule is CC(C)C(=O)CN(C)CC1CC2CCC1C2. The predicted octanol–water partition coefficient (Wildman–Crippen LogP) is 2.58. The molecule has 92 valence electrons. The van der Waals surface area contributed by atoms with Crippen LogP contribution in [0.3, 0.4) is 0 Å². The topological polar surface area (TPSA) is 20.3 Å². The fourth-order valence-corrected chi connectivity index (χ4v) is 3.51. The summed E-state index contributed by atoms with van der Waals surface area (Å²) >= 11 is 0. The highest BCUT2D eigenvalue weighted by molar-refractivity contribution is 5.82. The first-order valence-electron chi connectivity index (χ1n) is 6.77. The summed E-state index contributed by atoms with van der Waals surface area (Å²) < 4.78 is 0. The van der Waals surface area contributed by atoms with E-state index >= 15 is 0 Å². The van der Waals surface area contributed by atoms with E-state index in [0.29, 0.717) is 12.3 Å². The van der Waals surface area contributed by atoms with Crippen molar-refractivity contribution in [2.24, 2.45) is 23.7 Å². The molecule has 0 aromatic carbocycles. The molecule has 3 unspecified atom stereocenters. The Morgan fingerprint density at radius 2 is 2.06 bits per heavy atom. The Labute approximate surface area is 99.4 Å². The van der Waals surface area contributed by atoms with Gasteiger partial charge in [-0.25, -0.2) is 0 Å². The lowest BCUT2D eigenvalue weighted by molar-refractivity contribution is -0.122. The predicted molar refractivity (Wildman–Crippen MR) is 66.3 cm³/mol. The summed E-state index contributed by atoms with van der Waals surface area (Å²) in [4.78, 5) is 13.9. The number of rotatable bonds is 5. The molecular weight excluding hydrogens is 198 g/mol. The molecule has 0 saturated heterocycles. The average Bonchev–Trinajstić information content (AvgIpc) is 2.78. The molecule has 2 nitrogen and oxygen atoms in total. The number of carbonyl (C=O) groups excluding carboxylic acids is 1. The molecule has 0 spiro atoms. The minimum atomic E-state index is 0.183. The van der Waals surface area contributed by atoms with Crippen molar-refractivity contribution in [3.63, 3.8) is 0 Å². The minimum Gasteiger partial charge on any atom is -0.299 e. The number of ketones is 1. The van der Waals surface area contributed by atoms with Crippen molar-refractivity contribution in [2.45, 2.75) is 39.5 Å². The number of nitrogens with zero attached hydrogens (tertiary/aromatic N) is 1. The maximum Gasteiger partial charge on any atom is 0.149 e. The molecular formula is C14H25NO. The van der Waals surface area contributed by atoms with Crippen LogP contribution in [0.2, 0.25) is 0 Å². The van der Waals surface area contributed by atoms with Gasteiger partial charge in [0.1, 0.15) is 5.78 Å². The Balaban J connectivity index is 1.75. The summed E-state index contributed by atoms with van der Waals surface area (Å²) in [6.07, 6.45) is 5.80. The molecule has 0 amide bonds. The Hall–Kier alpha value is -0.370. The summed E-state index contributed by atoms with van der Waals surface area (Å²) in [5, 5.41) is 0. The van der Waals surface area contributed by atoms with Gasteiger partial charge >= 0.3 is 0 Å². The summed E-state index contributed by atoms with van der Waals surface area (Å²) in [6.45, 7) is 5.77. The maximum absolute atomic E-state index is 11.6. The second kappa shape index (κ2) is 4.87. The van der Waals surface area contributed by atoms with E-state index in [4.69, 9.17) is 0 Å². The van der Waals surface area contributed by atoms with Crippen LogP contribution in [-0.2, 0) is 4.79 Å². The first-order chi connectivity index (χ1) is 7.56. The summed E-state index contributed by atoms with van der Waals surface area (Å²) in [6, 6.07) is 0. The van der Waals surface area contributed by atoms with Gasteiger partial charge in [0.25, 0.3) is 0 Å². The van der Waals surface area contributed by atoms with Gasteiger partial charge in [-0.2, -0.15) is 0 Å². The van der Waals surface area contributed by atoms with Gasteiger partial charge in [0.2, 0.25) is 0 Å². The first-order valence-corrected chi connectivity index (χ1v) is 6.77. The molecule has 2 aliphatic rings. The Bertz CT molecular complexity index is 261. The van der Waals surface area contributed by atoms with E-state index in [2.05, 4.69) is 11.9 Å². The third-order valence-electron chi connectivity index (χ3n) is 4.50. The van der Waals surface area contributed by atoms with Crippen LogP contribution >= 0.6 is 0 Å². The Morgan fingerprint density at radius 1 is 1.31 bits per heavy atom. The second-order valence-electron chi connectivity index (χ2n) is 6.25. The number of likely N-dealkylation sites (N-methyl/N-ethyl adjacent to an activating group) is 1. The molecule has 2 fully saturated rings. The lowest BCUT2D eigenvalue weighted by Gasteiger charge is -2.27. The molecule has 0 radical (unpaired) electrons. The standard InChI is InChI=1S/C14H25NO/c1-10(2)14(16)9-15(3)8-13-7-11-4-5-12(13)6-11/h10-13H,4-9H2,1-3H3. The van der Waals surface area contributed by atoms with Gasteiger partial charge < -0.3 is 0 Å². The zero-order chi connectivity index (χ0) is 11.7. The number of hydrogen-bond donors (Lipinski definition) is 0. The van der Waals surface area contributed by atoms with Gasteiger partial charge in [-0.3, -0.25) is 9.69 Å². The van der Waals surface area contributed by atoms with Crippen LogP contribution in [0.1, 0.15) is 39.5 Å². The minimum absolute atomic E-state index is 0.183. The van der Waals surface area contributed by atoms with Crippen molar-refractivity contribution in [1.82, 2.24) is 4.90 Å². The number of Topliss-reactive ketones (excluding diaryl/α,β-unsaturated/α-hetero) is 1. The maximum atomic E-state index is 11.6. The highest BCUT2D eigenvalue weighted by atomic mass is 16.1. The first kappa shape index (κ1) is 12.1. The summed E-state index contributed by atoms with van der Waals surface area (Å²) in [7, 11) is 2.10. The third-order valence-corrected chi connectivity index (χ3v) is 4.50. The highest BCUT2D eigenvalue weighted by Crippen LogP contribution is 2.48. The van der Waals surface area contributed by atoms with Gasteiger partial charge in [0, 0.05) is 12.5 Å². The van der Waals surface area contributed by atoms with Crippen LogP contribution in [0.4, 0.5) is 0 Å². The van der Waals surface area contributed by atoms with E-state index in [1.807, 2.05) is 13.8 Å². The molecule has 2 saturated carbocycles. The second-order valence-corrected chi connectivity index (χ2v) is 6.25. The van der Waals surface area contributed by atoms with E-state index < -0.39 is 0 Å². The summed E-state index contributed by atoms with van der Waals surface area (Å²) in [5.74, 6) is 3.43. The van der Waals surface area contributed by atoms with Crippen molar-refractivity contribution in [2.75, 3.05) is 20.1 Å². The lowest BCUT2D eigenvalue weighted by atomic mass is 9.88. The van der Waals surface area contributed by atoms with Crippen molar-refractivity contribution >= 4 is 5.78 Å². The fourth-order valence-electron chi connectivity index (χ4n) is 3.51. The molecule has 3 atom stereocenters.